The van der Waals surface area contributed by atoms with Gasteiger partial charge in [-0.05, 0) is 23.6 Å². The Balaban J connectivity index is 1.86. The number of carbonyl (C=O) groups is 2. The second-order valence-electron chi connectivity index (χ2n) is 6.39. The second-order valence-corrected chi connectivity index (χ2v) is 6.39. The summed E-state index contributed by atoms with van der Waals surface area (Å²) in [5.41, 5.74) is 7.74. The van der Waals surface area contributed by atoms with Crippen molar-refractivity contribution in [2.24, 2.45) is 5.73 Å². The standard InChI is InChI=1S/C19H26N8O3/c1-27(19(29)30-2)8-4-7-22-17-23-11-15(12-24-17)14-6-3-5-13(9-14)10-25-18(28)26-16(20)21/h3,5-6,9,11-12H,4,7-8,10H2,1-2H3,(H,22,23,24)(H5,20,21,25,26,28). The number of benzene rings is 1. The Hall–Kier alpha value is -3.89. The molecule has 3 amide bonds. The number of amides is 3. The van der Waals surface area contributed by atoms with Gasteiger partial charge in [-0.25, -0.2) is 19.6 Å². The fourth-order valence-electron chi connectivity index (χ4n) is 2.54. The molecule has 0 aliphatic heterocycles. The molecule has 11 heteroatoms. The number of urea groups is 1. The van der Waals surface area contributed by atoms with Gasteiger partial charge in [-0.2, -0.15) is 0 Å². The van der Waals surface area contributed by atoms with E-state index >= 15 is 0 Å². The summed E-state index contributed by atoms with van der Waals surface area (Å²) in [6.07, 6.45) is 3.78. The van der Waals surface area contributed by atoms with Crippen LogP contribution in [-0.4, -0.2) is 60.2 Å². The van der Waals surface area contributed by atoms with Crippen LogP contribution in [0.25, 0.3) is 11.1 Å². The molecule has 0 spiro atoms. The van der Waals surface area contributed by atoms with E-state index in [4.69, 9.17) is 11.1 Å². The molecule has 1 heterocycles. The Labute approximate surface area is 174 Å². The van der Waals surface area contributed by atoms with E-state index in [0.29, 0.717) is 19.0 Å². The van der Waals surface area contributed by atoms with Crippen LogP contribution in [0.3, 0.4) is 0 Å². The van der Waals surface area contributed by atoms with Crippen LogP contribution in [0.2, 0.25) is 0 Å². The molecule has 0 aliphatic carbocycles. The predicted octanol–water partition coefficient (Wildman–Crippen LogP) is 1.34. The van der Waals surface area contributed by atoms with Crippen LogP contribution in [0, 0.1) is 5.41 Å². The molecule has 0 unspecified atom stereocenters. The van der Waals surface area contributed by atoms with Gasteiger partial charge in [0.1, 0.15) is 0 Å². The lowest BCUT2D eigenvalue weighted by molar-refractivity contribution is 0.133. The number of carbonyl (C=O) groups excluding carboxylic acids is 2. The molecule has 11 nitrogen and oxygen atoms in total. The molecule has 1 aromatic carbocycles. The summed E-state index contributed by atoms with van der Waals surface area (Å²) in [6, 6.07) is 7.05. The molecule has 0 saturated carbocycles. The molecule has 0 fully saturated rings. The van der Waals surface area contributed by atoms with Crippen molar-refractivity contribution in [3.05, 3.63) is 42.2 Å². The molecule has 160 valence electrons. The molecular weight excluding hydrogens is 388 g/mol. The number of nitrogens with one attached hydrogen (secondary N) is 4. The fraction of sp³-hybridized carbons (Fsp3) is 0.316. The minimum Gasteiger partial charge on any atom is -0.453 e. The number of methoxy groups -OCH3 is 1. The quantitative estimate of drug-likeness (QED) is 0.248. The van der Waals surface area contributed by atoms with Gasteiger partial charge < -0.3 is 26.0 Å². The van der Waals surface area contributed by atoms with E-state index in [0.717, 1.165) is 23.1 Å². The van der Waals surface area contributed by atoms with E-state index in [9.17, 15) is 9.59 Å². The van der Waals surface area contributed by atoms with Gasteiger partial charge >= 0.3 is 12.1 Å². The summed E-state index contributed by atoms with van der Waals surface area (Å²) >= 11 is 0. The van der Waals surface area contributed by atoms with Gasteiger partial charge in [0.25, 0.3) is 0 Å². The number of rotatable bonds is 8. The maximum Gasteiger partial charge on any atom is 0.409 e. The fourth-order valence-corrected chi connectivity index (χ4v) is 2.54. The van der Waals surface area contributed by atoms with Gasteiger partial charge in [-0.3, -0.25) is 10.7 Å². The predicted molar refractivity (Wildman–Crippen MR) is 113 cm³/mol. The highest BCUT2D eigenvalue weighted by atomic mass is 16.5. The molecule has 0 bridgehead atoms. The first kappa shape index (κ1) is 22.4. The zero-order valence-electron chi connectivity index (χ0n) is 16.9. The lowest BCUT2D eigenvalue weighted by atomic mass is 10.1. The van der Waals surface area contributed by atoms with E-state index < -0.39 is 12.0 Å². The first-order chi connectivity index (χ1) is 14.4. The Morgan fingerprint density at radius 2 is 1.97 bits per heavy atom. The highest BCUT2D eigenvalue weighted by Crippen LogP contribution is 2.19. The Morgan fingerprint density at radius 1 is 1.23 bits per heavy atom. The van der Waals surface area contributed by atoms with Crippen LogP contribution in [0.15, 0.2) is 36.7 Å². The van der Waals surface area contributed by atoms with Gasteiger partial charge in [0.05, 0.1) is 7.11 Å². The van der Waals surface area contributed by atoms with Crippen LogP contribution in [0.4, 0.5) is 15.5 Å². The summed E-state index contributed by atoms with van der Waals surface area (Å²) in [5, 5.41) is 14.9. The second kappa shape index (κ2) is 11.2. The largest absolute Gasteiger partial charge is 0.453 e. The molecule has 6 N–H and O–H groups in total. The van der Waals surface area contributed by atoms with Gasteiger partial charge in [-0.1, -0.05) is 18.2 Å². The zero-order chi connectivity index (χ0) is 21.9. The van der Waals surface area contributed by atoms with Crippen molar-refractivity contribution >= 4 is 24.0 Å². The molecule has 0 radical (unpaired) electrons. The molecule has 0 aliphatic rings. The molecule has 0 saturated heterocycles. The molecule has 2 aromatic rings. The summed E-state index contributed by atoms with van der Waals surface area (Å²) < 4.78 is 4.64. The van der Waals surface area contributed by atoms with Crippen molar-refractivity contribution in [3.63, 3.8) is 0 Å². The van der Waals surface area contributed by atoms with Crippen molar-refractivity contribution in [1.29, 1.82) is 5.41 Å². The van der Waals surface area contributed by atoms with Crippen LogP contribution in [-0.2, 0) is 11.3 Å². The summed E-state index contributed by atoms with van der Waals surface area (Å²) in [6.45, 7) is 1.46. The van der Waals surface area contributed by atoms with Crippen molar-refractivity contribution in [2.45, 2.75) is 13.0 Å². The first-order valence-electron chi connectivity index (χ1n) is 9.22. The topological polar surface area (TPSA) is 158 Å². The van der Waals surface area contributed by atoms with Gasteiger partial charge in [0, 0.05) is 44.6 Å². The Kier molecular flexibility index (Phi) is 8.36. The maximum atomic E-state index is 11.5. The highest BCUT2D eigenvalue weighted by Gasteiger charge is 2.07. The van der Waals surface area contributed by atoms with Gasteiger partial charge in [0.2, 0.25) is 5.95 Å². The molecule has 0 atom stereocenters. The van der Waals surface area contributed by atoms with E-state index in [-0.39, 0.29) is 12.6 Å². The van der Waals surface area contributed by atoms with Gasteiger partial charge in [-0.15, -0.1) is 0 Å². The lowest BCUT2D eigenvalue weighted by Crippen LogP contribution is -2.42. The normalized spacial score (nSPS) is 10.1. The third-order valence-electron chi connectivity index (χ3n) is 4.05. The SMILES string of the molecule is COC(=O)N(C)CCCNc1ncc(-c2cccc(CNC(=O)NC(=N)N)c2)cn1. The van der Waals surface area contributed by atoms with E-state index in [1.165, 1.54) is 12.0 Å². The number of hydrogen-bond donors (Lipinski definition) is 5. The van der Waals surface area contributed by atoms with Crippen LogP contribution < -0.4 is 21.7 Å². The molecule has 2 rings (SSSR count). The third kappa shape index (κ3) is 7.26. The number of nitrogens with zero attached hydrogens (tertiary/aromatic N) is 3. The number of nitrogens with two attached hydrogens (primary N) is 1. The van der Waals surface area contributed by atoms with Gasteiger partial charge in [0.15, 0.2) is 5.96 Å². The van der Waals surface area contributed by atoms with E-state index in [2.05, 4.69) is 30.7 Å². The Bertz CT molecular complexity index is 872. The highest BCUT2D eigenvalue weighted by molar-refractivity contribution is 5.93. The zero-order valence-corrected chi connectivity index (χ0v) is 16.9. The third-order valence-corrected chi connectivity index (χ3v) is 4.05. The molecule has 30 heavy (non-hydrogen) atoms. The number of ether oxygens (including phenoxy) is 1. The average molecular weight is 414 g/mol. The Morgan fingerprint density at radius 3 is 2.63 bits per heavy atom. The van der Waals surface area contributed by atoms with Crippen molar-refractivity contribution < 1.29 is 14.3 Å². The summed E-state index contributed by atoms with van der Waals surface area (Å²) in [7, 11) is 3.03. The lowest BCUT2D eigenvalue weighted by Gasteiger charge is -2.15. The smallest absolute Gasteiger partial charge is 0.409 e. The van der Waals surface area contributed by atoms with Crippen molar-refractivity contribution in [1.82, 2.24) is 25.5 Å². The summed E-state index contributed by atoms with van der Waals surface area (Å²) in [4.78, 5) is 33.0. The maximum absolute atomic E-state index is 11.5. The minimum atomic E-state index is -0.538. The number of guanidine groups is 1. The van der Waals surface area contributed by atoms with E-state index in [1.54, 1.807) is 19.4 Å². The number of hydrogen-bond acceptors (Lipinski definition) is 7. The molecule has 1 aromatic heterocycles. The van der Waals surface area contributed by atoms with E-state index in [1.807, 2.05) is 24.3 Å². The first-order valence-corrected chi connectivity index (χ1v) is 9.22. The van der Waals surface area contributed by atoms with Crippen molar-refractivity contribution in [2.75, 3.05) is 32.6 Å². The van der Waals surface area contributed by atoms with Crippen LogP contribution >= 0.6 is 0 Å². The monoisotopic (exact) mass is 414 g/mol. The summed E-state index contributed by atoms with van der Waals surface area (Å²) in [5.74, 6) is 0.0841. The average Bonchev–Trinajstić information content (AvgIpc) is 2.74. The minimum absolute atomic E-state index is 0.285. The van der Waals surface area contributed by atoms with Crippen LogP contribution in [0.1, 0.15) is 12.0 Å². The van der Waals surface area contributed by atoms with Crippen LogP contribution in [0.5, 0.6) is 0 Å². The number of aromatic nitrogens is 2. The van der Waals surface area contributed by atoms with Crippen molar-refractivity contribution in [3.8, 4) is 11.1 Å². The molecular formula is C19H26N8O3. The number of anilines is 1.